The van der Waals surface area contributed by atoms with Crippen molar-refractivity contribution in [3.63, 3.8) is 0 Å². The normalized spacial score (nSPS) is 21.0. The van der Waals surface area contributed by atoms with Crippen LogP contribution < -0.4 is 10.1 Å². The zero-order valence-corrected chi connectivity index (χ0v) is 15.7. The summed E-state index contributed by atoms with van der Waals surface area (Å²) in [6.45, 7) is 7.14. The molecule has 1 aliphatic rings. The topological polar surface area (TPSA) is 39.7 Å². The number of nitrogens with one attached hydrogen (secondary N) is 1. The van der Waals surface area contributed by atoms with Crippen molar-refractivity contribution >= 4 is 5.69 Å². The van der Waals surface area contributed by atoms with Crippen LogP contribution in [0.3, 0.4) is 0 Å². The van der Waals surface area contributed by atoms with Gasteiger partial charge < -0.3 is 19.5 Å². The Bertz CT molecular complexity index is 763. The van der Waals surface area contributed by atoms with Gasteiger partial charge in [-0.25, -0.2) is 4.39 Å². The minimum absolute atomic E-state index is 0.269. The van der Waals surface area contributed by atoms with E-state index in [1.54, 1.807) is 13.2 Å². The van der Waals surface area contributed by atoms with E-state index in [0.29, 0.717) is 0 Å². The van der Waals surface area contributed by atoms with Gasteiger partial charge in [-0.15, -0.1) is 0 Å². The molecule has 0 bridgehead atoms. The van der Waals surface area contributed by atoms with Gasteiger partial charge in [0, 0.05) is 24.9 Å². The van der Waals surface area contributed by atoms with Crippen molar-refractivity contribution in [2.75, 3.05) is 19.0 Å². The van der Waals surface area contributed by atoms with Crippen LogP contribution in [0.4, 0.5) is 10.1 Å². The van der Waals surface area contributed by atoms with Gasteiger partial charge in [0.05, 0.1) is 6.61 Å². The van der Waals surface area contributed by atoms with Gasteiger partial charge in [0.15, 0.2) is 0 Å². The summed E-state index contributed by atoms with van der Waals surface area (Å²) in [7, 11) is 1.67. The molecule has 0 amide bonds. The Kier molecular flexibility index (Phi) is 5.49. The van der Waals surface area contributed by atoms with E-state index in [1.807, 2.05) is 38.1 Å². The van der Waals surface area contributed by atoms with Crippen LogP contribution in [0.1, 0.15) is 38.0 Å². The Balaban J connectivity index is 1.87. The lowest BCUT2D eigenvalue weighted by Gasteiger charge is -2.44. The van der Waals surface area contributed by atoms with E-state index in [2.05, 4.69) is 12.2 Å². The fourth-order valence-electron chi connectivity index (χ4n) is 3.40. The first-order valence-corrected chi connectivity index (χ1v) is 8.90. The largest absolute Gasteiger partial charge is 0.485 e. The van der Waals surface area contributed by atoms with E-state index in [9.17, 15) is 4.39 Å². The number of hydrogen-bond acceptors (Lipinski definition) is 4. The number of anilines is 1. The number of ether oxygens (including phenoxy) is 3. The average molecular weight is 359 g/mol. The molecule has 140 valence electrons. The van der Waals surface area contributed by atoms with Crippen LogP contribution in [-0.4, -0.2) is 25.4 Å². The zero-order valence-electron chi connectivity index (χ0n) is 15.7. The van der Waals surface area contributed by atoms with Crippen LogP contribution in [0.15, 0.2) is 42.5 Å². The maximum absolute atomic E-state index is 13.4. The van der Waals surface area contributed by atoms with E-state index in [0.717, 1.165) is 29.1 Å². The summed E-state index contributed by atoms with van der Waals surface area (Å²) in [5.74, 6) is 0.531. The molecule has 0 radical (unpaired) electrons. The molecule has 0 saturated carbocycles. The summed E-state index contributed by atoms with van der Waals surface area (Å²) in [5.41, 5.74) is 2.17. The van der Waals surface area contributed by atoms with Crippen molar-refractivity contribution in [2.45, 2.75) is 45.2 Å². The van der Waals surface area contributed by atoms with Crippen LogP contribution >= 0.6 is 0 Å². The molecule has 0 aromatic heterocycles. The zero-order chi connectivity index (χ0) is 18.7. The first-order chi connectivity index (χ1) is 12.4. The monoisotopic (exact) mass is 359 g/mol. The highest BCUT2D eigenvalue weighted by atomic mass is 19.1. The maximum Gasteiger partial charge on any atom is 0.132 e. The van der Waals surface area contributed by atoms with Crippen LogP contribution in [0.25, 0.3) is 0 Å². The van der Waals surface area contributed by atoms with Gasteiger partial charge in [-0.3, -0.25) is 0 Å². The standard InChI is InChI=1S/C21H26FNO3/c1-5-23-16-9-10-18-17(12-16)19(24-4)20(21(2,3)26-18)25-13-14-7-6-8-15(22)11-14/h6-12,19-20,23H,5,13H2,1-4H3. The number of rotatable bonds is 6. The van der Waals surface area contributed by atoms with Gasteiger partial charge >= 0.3 is 0 Å². The number of methoxy groups -OCH3 is 1. The molecule has 1 N–H and O–H groups in total. The quantitative estimate of drug-likeness (QED) is 0.811. The number of hydrogen-bond donors (Lipinski definition) is 1. The molecule has 2 atom stereocenters. The third-order valence-corrected chi connectivity index (χ3v) is 4.60. The highest BCUT2D eigenvalue weighted by Gasteiger charge is 2.45. The lowest BCUT2D eigenvalue weighted by molar-refractivity contribution is -0.159. The number of fused-ring (bicyclic) bond motifs is 1. The van der Waals surface area contributed by atoms with Crippen molar-refractivity contribution in [3.8, 4) is 5.75 Å². The first kappa shape index (κ1) is 18.7. The molecule has 4 nitrogen and oxygen atoms in total. The summed E-state index contributed by atoms with van der Waals surface area (Å²) in [6, 6.07) is 12.4. The van der Waals surface area contributed by atoms with E-state index in [4.69, 9.17) is 14.2 Å². The summed E-state index contributed by atoms with van der Waals surface area (Å²) in [4.78, 5) is 0. The molecule has 0 spiro atoms. The highest BCUT2D eigenvalue weighted by molar-refractivity contribution is 5.53. The SMILES string of the molecule is CCNc1ccc2c(c1)C(OC)C(OCc1cccc(F)c1)C(C)(C)O2. The molecule has 5 heteroatoms. The van der Waals surface area contributed by atoms with Crippen LogP contribution in [-0.2, 0) is 16.1 Å². The minimum Gasteiger partial charge on any atom is -0.485 e. The van der Waals surface area contributed by atoms with Gasteiger partial charge in [0.1, 0.15) is 29.4 Å². The molecule has 2 unspecified atom stereocenters. The summed E-state index contributed by atoms with van der Waals surface area (Å²) in [5, 5.41) is 3.31. The molecule has 26 heavy (non-hydrogen) atoms. The molecule has 0 saturated heterocycles. The molecule has 3 rings (SSSR count). The van der Waals surface area contributed by atoms with E-state index in [1.165, 1.54) is 12.1 Å². The molecular formula is C21H26FNO3. The molecular weight excluding hydrogens is 333 g/mol. The second kappa shape index (κ2) is 7.64. The van der Waals surface area contributed by atoms with Crippen molar-refractivity contribution < 1.29 is 18.6 Å². The third-order valence-electron chi connectivity index (χ3n) is 4.60. The Morgan fingerprint density at radius 3 is 2.69 bits per heavy atom. The second-order valence-corrected chi connectivity index (χ2v) is 7.01. The van der Waals surface area contributed by atoms with Crippen molar-refractivity contribution in [3.05, 3.63) is 59.4 Å². The second-order valence-electron chi connectivity index (χ2n) is 7.01. The number of benzene rings is 2. The lowest BCUT2D eigenvalue weighted by Crippen LogP contribution is -2.50. The van der Waals surface area contributed by atoms with Crippen molar-refractivity contribution in [2.24, 2.45) is 0 Å². The van der Waals surface area contributed by atoms with Gasteiger partial charge in [0.25, 0.3) is 0 Å². The fraction of sp³-hybridized carbons (Fsp3) is 0.429. The van der Waals surface area contributed by atoms with E-state index >= 15 is 0 Å². The van der Waals surface area contributed by atoms with Crippen molar-refractivity contribution in [1.82, 2.24) is 0 Å². The van der Waals surface area contributed by atoms with E-state index < -0.39 is 5.60 Å². The Morgan fingerprint density at radius 1 is 1.19 bits per heavy atom. The van der Waals surface area contributed by atoms with Crippen LogP contribution in [0, 0.1) is 5.82 Å². The van der Waals surface area contributed by atoms with Crippen molar-refractivity contribution in [1.29, 1.82) is 0 Å². The average Bonchev–Trinajstić information content (AvgIpc) is 2.59. The Labute approximate surface area is 154 Å². The summed E-state index contributed by atoms with van der Waals surface area (Å²) in [6.07, 6.45) is -0.610. The fourth-order valence-corrected chi connectivity index (χ4v) is 3.40. The molecule has 0 fully saturated rings. The third kappa shape index (κ3) is 3.84. The number of halogens is 1. The maximum atomic E-state index is 13.4. The summed E-state index contributed by atoms with van der Waals surface area (Å²) < 4.78 is 31.6. The van der Waals surface area contributed by atoms with Crippen LogP contribution in [0.2, 0.25) is 0 Å². The minimum atomic E-state index is -0.583. The molecule has 2 aromatic carbocycles. The molecule has 1 heterocycles. The molecule has 2 aromatic rings. The predicted octanol–water partition coefficient (Wildman–Crippen LogP) is 4.70. The Morgan fingerprint density at radius 2 is 2.00 bits per heavy atom. The van der Waals surface area contributed by atoms with Gasteiger partial charge in [-0.1, -0.05) is 12.1 Å². The highest BCUT2D eigenvalue weighted by Crippen LogP contribution is 2.44. The van der Waals surface area contributed by atoms with Gasteiger partial charge in [-0.2, -0.15) is 0 Å². The first-order valence-electron chi connectivity index (χ1n) is 8.90. The lowest BCUT2D eigenvalue weighted by atomic mass is 9.88. The smallest absolute Gasteiger partial charge is 0.132 e. The predicted molar refractivity (Wildman–Crippen MR) is 100 cm³/mol. The Hall–Kier alpha value is -2.11. The molecule has 1 aliphatic heterocycles. The summed E-state index contributed by atoms with van der Waals surface area (Å²) >= 11 is 0. The van der Waals surface area contributed by atoms with E-state index in [-0.39, 0.29) is 24.6 Å². The van der Waals surface area contributed by atoms with Crippen LogP contribution in [0.5, 0.6) is 5.75 Å². The van der Waals surface area contributed by atoms with Gasteiger partial charge in [-0.05, 0) is 56.7 Å². The van der Waals surface area contributed by atoms with Gasteiger partial charge in [0.2, 0.25) is 0 Å². The molecule has 0 aliphatic carbocycles.